The maximum atomic E-state index is 13.7. The van der Waals surface area contributed by atoms with Crippen LogP contribution in [0.25, 0.3) is 0 Å². The topological polar surface area (TPSA) is 79.6 Å². The molecule has 1 fully saturated rings. The first-order chi connectivity index (χ1) is 17.0. The van der Waals surface area contributed by atoms with Crippen LogP contribution in [0.15, 0.2) is 47.7 Å². The van der Waals surface area contributed by atoms with Gasteiger partial charge in [0.05, 0.1) is 37.8 Å². The molecule has 2 aliphatic heterocycles. The monoisotopic (exact) mass is 481 g/mol. The minimum absolute atomic E-state index is 0.00736. The van der Waals surface area contributed by atoms with Crippen molar-refractivity contribution in [2.24, 2.45) is 12.1 Å². The number of amides is 2. The molecule has 2 amide bonds. The fraction of sp³-hybridized carbons (Fsp3) is 0.500. The van der Waals surface area contributed by atoms with E-state index in [1.165, 1.54) is 0 Å². The third-order valence-corrected chi connectivity index (χ3v) is 6.67. The summed E-state index contributed by atoms with van der Waals surface area (Å²) in [6, 6.07) is 11.4. The van der Waals surface area contributed by atoms with E-state index in [4.69, 9.17) is 14.6 Å². The second-order valence-corrected chi connectivity index (χ2v) is 8.87. The predicted octanol–water partition coefficient (Wildman–Crippen LogP) is 2.28. The molecule has 0 radical (unpaired) electrons. The summed E-state index contributed by atoms with van der Waals surface area (Å²) in [5.41, 5.74) is 2.70. The van der Waals surface area contributed by atoms with Crippen molar-refractivity contribution in [2.75, 3.05) is 53.0 Å². The van der Waals surface area contributed by atoms with Gasteiger partial charge in [-0.25, -0.2) is 5.01 Å². The molecule has 4 rings (SSSR count). The molecule has 3 heterocycles. The van der Waals surface area contributed by atoms with E-state index in [1.807, 2.05) is 61.1 Å². The SMILES string of the molecule is CCC(=O)N(CCN1CCOCC1)CC(=O)N1N=C(c2cccn2C)C[C@H]1c1ccccc1OC. The molecule has 35 heavy (non-hydrogen) atoms. The van der Waals surface area contributed by atoms with Gasteiger partial charge >= 0.3 is 0 Å². The van der Waals surface area contributed by atoms with Gasteiger partial charge in [0.15, 0.2) is 0 Å². The first-order valence-electron chi connectivity index (χ1n) is 12.2. The minimum Gasteiger partial charge on any atom is -0.496 e. The lowest BCUT2D eigenvalue weighted by atomic mass is 9.99. The fourth-order valence-corrected chi connectivity index (χ4v) is 4.68. The Hall–Kier alpha value is -3.17. The second kappa shape index (κ2) is 11.5. The third-order valence-electron chi connectivity index (χ3n) is 6.67. The average molecular weight is 482 g/mol. The van der Waals surface area contributed by atoms with Crippen LogP contribution >= 0.6 is 0 Å². The number of rotatable bonds is 9. The van der Waals surface area contributed by atoms with E-state index in [-0.39, 0.29) is 24.4 Å². The Balaban J connectivity index is 1.56. The van der Waals surface area contributed by atoms with Gasteiger partial charge in [0.25, 0.3) is 5.91 Å². The van der Waals surface area contributed by atoms with Crippen LogP contribution in [-0.2, 0) is 21.4 Å². The minimum atomic E-state index is -0.304. The number of nitrogens with zero attached hydrogens (tertiary/aromatic N) is 5. The normalized spacial score (nSPS) is 18.4. The van der Waals surface area contributed by atoms with E-state index in [1.54, 1.807) is 17.0 Å². The van der Waals surface area contributed by atoms with Crippen LogP contribution in [0.2, 0.25) is 0 Å². The first-order valence-corrected chi connectivity index (χ1v) is 12.2. The average Bonchev–Trinajstić information content (AvgIpc) is 3.52. The maximum absolute atomic E-state index is 13.7. The number of morpholine rings is 1. The number of carbonyl (C=O) groups excluding carboxylic acids is 2. The van der Waals surface area contributed by atoms with Crippen molar-refractivity contribution >= 4 is 17.5 Å². The van der Waals surface area contributed by atoms with Crippen molar-refractivity contribution < 1.29 is 19.1 Å². The molecule has 0 spiro atoms. The van der Waals surface area contributed by atoms with E-state index in [0.717, 1.165) is 36.6 Å². The summed E-state index contributed by atoms with van der Waals surface area (Å²) in [4.78, 5) is 30.3. The number of para-hydroxylation sites is 1. The molecule has 0 unspecified atom stereocenters. The summed E-state index contributed by atoms with van der Waals surface area (Å²) in [5, 5.41) is 6.32. The van der Waals surface area contributed by atoms with Crippen LogP contribution in [0.3, 0.4) is 0 Å². The molecule has 1 saturated heterocycles. The van der Waals surface area contributed by atoms with Gasteiger partial charge in [-0.3, -0.25) is 14.5 Å². The predicted molar refractivity (Wildman–Crippen MR) is 133 cm³/mol. The van der Waals surface area contributed by atoms with Gasteiger partial charge in [-0.15, -0.1) is 0 Å². The highest BCUT2D eigenvalue weighted by Crippen LogP contribution is 2.37. The van der Waals surface area contributed by atoms with Crippen molar-refractivity contribution in [1.82, 2.24) is 19.4 Å². The summed E-state index contributed by atoms with van der Waals surface area (Å²) in [6.07, 6.45) is 2.89. The Morgan fingerprint density at radius 2 is 1.94 bits per heavy atom. The highest BCUT2D eigenvalue weighted by Gasteiger charge is 2.36. The zero-order chi connectivity index (χ0) is 24.8. The molecule has 0 N–H and O–H groups in total. The third kappa shape index (κ3) is 5.74. The Morgan fingerprint density at radius 1 is 1.17 bits per heavy atom. The molecule has 0 saturated carbocycles. The van der Waals surface area contributed by atoms with Gasteiger partial charge in [-0.1, -0.05) is 25.1 Å². The molecule has 188 valence electrons. The molecule has 2 aromatic rings. The van der Waals surface area contributed by atoms with E-state index < -0.39 is 0 Å². The van der Waals surface area contributed by atoms with E-state index in [9.17, 15) is 9.59 Å². The van der Waals surface area contributed by atoms with Crippen molar-refractivity contribution in [2.45, 2.75) is 25.8 Å². The van der Waals surface area contributed by atoms with Crippen LogP contribution in [0, 0.1) is 0 Å². The quantitative estimate of drug-likeness (QED) is 0.549. The number of aromatic nitrogens is 1. The number of hydrazone groups is 1. The van der Waals surface area contributed by atoms with Gasteiger partial charge in [0.1, 0.15) is 12.3 Å². The Labute approximate surface area is 206 Å². The molecule has 2 aliphatic rings. The van der Waals surface area contributed by atoms with Crippen LogP contribution in [-0.4, -0.2) is 89.9 Å². The Morgan fingerprint density at radius 3 is 2.63 bits per heavy atom. The van der Waals surface area contributed by atoms with Crippen LogP contribution in [0.4, 0.5) is 0 Å². The molecule has 0 aliphatic carbocycles. The number of methoxy groups -OCH3 is 1. The van der Waals surface area contributed by atoms with Crippen LogP contribution < -0.4 is 4.74 Å². The van der Waals surface area contributed by atoms with Crippen molar-refractivity contribution in [3.05, 3.63) is 53.9 Å². The number of hydrogen-bond donors (Lipinski definition) is 0. The van der Waals surface area contributed by atoms with E-state index in [0.29, 0.717) is 38.3 Å². The number of ether oxygens (including phenoxy) is 2. The molecule has 1 aromatic heterocycles. The Bertz CT molecular complexity index is 1060. The van der Waals surface area contributed by atoms with E-state index >= 15 is 0 Å². The van der Waals surface area contributed by atoms with Gasteiger partial charge in [0, 0.05) is 57.8 Å². The van der Waals surface area contributed by atoms with Gasteiger partial charge in [-0.2, -0.15) is 5.10 Å². The van der Waals surface area contributed by atoms with Crippen LogP contribution in [0.5, 0.6) is 5.75 Å². The van der Waals surface area contributed by atoms with Gasteiger partial charge in [0.2, 0.25) is 5.91 Å². The largest absolute Gasteiger partial charge is 0.496 e. The molecule has 1 atom stereocenters. The molecular formula is C26H35N5O4. The van der Waals surface area contributed by atoms with Gasteiger partial charge in [-0.05, 0) is 18.2 Å². The lowest BCUT2D eigenvalue weighted by Gasteiger charge is -2.31. The van der Waals surface area contributed by atoms with Crippen molar-refractivity contribution in [3.8, 4) is 5.75 Å². The smallest absolute Gasteiger partial charge is 0.262 e. The summed E-state index contributed by atoms with van der Waals surface area (Å²) in [5.74, 6) is 0.479. The summed E-state index contributed by atoms with van der Waals surface area (Å²) >= 11 is 0. The summed E-state index contributed by atoms with van der Waals surface area (Å²) < 4.78 is 13.0. The molecule has 0 bridgehead atoms. The highest BCUT2D eigenvalue weighted by molar-refractivity contribution is 6.02. The lowest BCUT2D eigenvalue weighted by molar-refractivity contribution is -0.141. The first kappa shape index (κ1) is 24.9. The van der Waals surface area contributed by atoms with Crippen molar-refractivity contribution in [3.63, 3.8) is 0 Å². The number of hydrogen-bond acceptors (Lipinski definition) is 6. The standard InChI is InChI=1S/C26H35N5O4/c1-4-25(32)30(13-12-29-14-16-35-17-15-29)19-26(33)31-23(20-8-5-6-10-24(20)34-3)18-21(27-31)22-9-7-11-28(22)2/h5-11,23H,4,12-19H2,1-3H3/t23-/m0/s1. The molecule has 9 nitrogen and oxygen atoms in total. The summed E-state index contributed by atoms with van der Waals surface area (Å²) in [7, 11) is 3.60. The van der Waals surface area contributed by atoms with Gasteiger partial charge < -0.3 is 18.9 Å². The molecule has 9 heteroatoms. The van der Waals surface area contributed by atoms with E-state index in [2.05, 4.69) is 4.90 Å². The fourth-order valence-electron chi connectivity index (χ4n) is 4.68. The zero-order valence-electron chi connectivity index (χ0n) is 20.9. The Kier molecular flexibility index (Phi) is 8.20. The van der Waals surface area contributed by atoms with Crippen molar-refractivity contribution in [1.29, 1.82) is 0 Å². The number of benzene rings is 1. The summed E-state index contributed by atoms with van der Waals surface area (Å²) in [6.45, 7) is 6.12. The number of aryl methyl sites for hydroxylation is 1. The lowest BCUT2D eigenvalue weighted by Crippen LogP contribution is -2.46. The maximum Gasteiger partial charge on any atom is 0.262 e. The van der Waals surface area contributed by atoms with Crippen LogP contribution in [0.1, 0.15) is 37.1 Å². The zero-order valence-corrected chi connectivity index (χ0v) is 20.9. The molecule has 1 aromatic carbocycles. The molecular weight excluding hydrogens is 446 g/mol. The second-order valence-electron chi connectivity index (χ2n) is 8.87. The highest BCUT2D eigenvalue weighted by atomic mass is 16.5. The number of carbonyl (C=O) groups is 2.